The minimum Gasteiger partial charge on any atom is -0.491 e. The zero-order chi connectivity index (χ0) is 18.5. The Balaban J connectivity index is 1.55. The third-order valence-electron chi connectivity index (χ3n) is 6.29. The molecule has 1 heterocycles. The molecule has 0 N–H and O–H groups in total. The Labute approximate surface area is 156 Å². The zero-order valence-electron chi connectivity index (χ0n) is 16.1. The first-order valence-corrected chi connectivity index (χ1v) is 10.4. The molecule has 1 saturated heterocycles. The maximum Gasteiger partial charge on any atom is 0.200 e. The maximum absolute atomic E-state index is 14.4. The van der Waals surface area contributed by atoms with Gasteiger partial charge >= 0.3 is 0 Å². The summed E-state index contributed by atoms with van der Waals surface area (Å²) in [5.41, 5.74) is 0.330. The van der Waals surface area contributed by atoms with Gasteiger partial charge in [0, 0.05) is 5.56 Å². The van der Waals surface area contributed by atoms with Gasteiger partial charge in [-0.25, -0.2) is 4.39 Å². The first-order valence-electron chi connectivity index (χ1n) is 10.4. The lowest BCUT2D eigenvalue weighted by atomic mass is 9.73. The molecule has 1 aliphatic carbocycles. The molecule has 2 atom stereocenters. The van der Waals surface area contributed by atoms with Gasteiger partial charge in [0.15, 0.2) is 11.6 Å². The van der Waals surface area contributed by atoms with E-state index in [0.29, 0.717) is 24.7 Å². The topological polar surface area (TPSA) is 18.5 Å². The van der Waals surface area contributed by atoms with Gasteiger partial charge in [-0.2, -0.15) is 4.39 Å². The van der Waals surface area contributed by atoms with Crippen LogP contribution in [0.3, 0.4) is 0 Å². The van der Waals surface area contributed by atoms with Crippen LogP contribution in [0.15, 0.2) is 12.1 Å². The van der Waals surface area contributed by atoms with E-state index in [1.807, 2.05) is 0 Å². The summed E-state index contributed by atoms with van der Waals surface area (Å²) in [5.74, 6) is 0.486. The molecular formula is C22H32F2O2. The van der Waals surface area contributed by atoms with Crippen LogP contribution in [-0.4, -0.2) is 13.2 Å². The SMILES string of the molecule is CCCC1CCC(C2CCC(c3ccc(OCC)c(F)c3F)OC2)CC1. The molecule has 26 heavy (non-hydrogen) atoms. The zero-order valence-corrected chi connectivity index (χ0v) is 16.1. The maximum atomic E-state index is 14.4. The summed E-state index contributed by atoms with van der Waals surface area (Å²) in [5, 5.41) is 0. The van der Waals surface area contributed by atoms with Crippen molar-refractivity contribution in [2.45, 2.75) is 71.3 Å². The van der Waals surface area contributed by atoms with E-state index in [4.69, 9.17) is 9.47 Å². The van der Waals surface area contributed by atoms with Crippen LogP contribution in [0.25, 0.3) is 0 Å². The van der Waals surface area contributed by atoms with Crippen LogP contribution >= 0.6 is 0 Å². The lowest BCUT2D eigenvalue weighted by molar-refractivity contribution is -0.0421. The molecule has 0 aromatic heterocycles. The fraction of sp³-hybridized carbons (Fsp3) is 0.727. The van der Waals surface area contributed by atoms with Gasteiger partial charge in [-0.1, -0.05) is 32.6 Å². The number of benzene rings is 1. The highest BCUT2D eigenvalue weighted by Crippen LogP contribution is 2.42. The normalized spacial score (nSPS) is 29.5. The van der Waals surface area contributed by atoms with E-state index in [0.717, 1.165) is 24.7 Å². The molecule has 2 nitrogen and oxygen atoms in total. The van der Waals surface area contributed by atoms with E-state index >= 15 is 0 Å². The number of ether oxygens (including phenoxy) is 2. The fourth-order valence-corrected chi connectivity index (χ4v) is 4.81. The van der Waals surface area contributed by atoms with Crippen molar-refractivity contribution in [3.05, 3.63) is 29.3 Å². The van der Waals surface area contributed by atoms with Crippen molar-refractivity contribution in [3.63, 3.8) is 0 Å². The Hall–Kier alpha value is -1.16. The van der Waals surface area contributed by atoms with Crippen LogP contribution in [0.1, 0.15) is 76.9 Å². The molecule has 146 valence electrons. The molecule has 3 rings (SSSR count). The summed E-state index contributed by atoms with van der Waals surface area (Å²) < 4.78 is 39.6. The standard InChI is InChI=1S/C22H32F2O2/c1-3-5-15-6-8-16(9-7-15)17-10-12-19(26-14-17)18-11-13-20(25-4-2)22(24)21(18)23/h11,13,15-17,19H,3-10,12,14H2,1-2H3. The van der Waals surface area contributed by atoms with E-state index in [2.05, 4.69) is 6.92 Å². The predicted molar refractivity (Wildman–Crippen MR) is 99.3 cm³/mol. The van der Waals surface area contributed by atoms with Gasteiger partial charge in [0.2, 0.25) is 5.82 Å². The van der Waals surface area contributed by atoms with Gasteiger partial charge < -0.3 is 9.47 Å². The van der Waals surface area contributed by atoms with Gasteiger partial charge in [0.25, 0.3) is 0 Å². The van der Waals surface area contributed by atoms with Crippen LogP contribution in [0.5, 0.6) is 5.75 Å². The van der Waals surface area contributed by atoms with Crippen LogP contribution < -0.4 is 4.74 Å². The minimum absolute atomic E-state index is 0.0220. The second kappa shape index (κ2) is 9.16. The molecule has 0 radical (unpaired) electrons. The summed E-state index contributed by atoms with van der Waals surface area (Å²) in [6.07, 6.45) is 9.41. The molecule has 1 aromatic carbocycles. The van der Waals surface area contributed by atoms with Crippen molar-refractivity contribution in [2.75, 3.05) is 13.2 Å². The monoisotopic (exact) mass is 366 g/mol. The Morgan fingerprint density at radius 3 is 2.31 bits per heavy atom. The average Bonchev–Trinajstić information content (AvgIpc) is 2.67. The fourth-order valence-electron chi connectivity index (χ4n) is 4.81. The molecule has 0 spiro atoms. The Kier molecular flexibility index (Phi) is 6.91. The second-order valence-corrected chi connectivity index (χ2v) is 7.94. The Morgan fingerprint density at radius 2 is 1.69 bits per heavy atom. The molecule has 0 bridgehead atoms. The van der Waals surface area contributed by atoms with E-state index in [1.165, 1.54) is 44.6 Å². The predicted octanol–water partition coefficient (Wildman–Crippen LogP) is 6.44. The average molecular weight is 366 g/mol. The van der Waals surface area contributed by atoms with E-state index in [1.54, 1.807) is 13.0 Å². The van der Waals surface area contributed by atoms with Gasteiger partial charge in [0.05, 0.1) is 19.3 Å². The van der Waals surface area contributed by atoms with Crippen LogP contribution in [0, 0.1) is 29.4 Å². The van der Waals surface area contributed by atoms with Crippen molar-refractivity contribution >= 4 is 0 Å². The van der Waals surface area contributed by atoms with Crippen molar-refractivity contribution in [2.24, 2.45) is 17.8 Å². The highest BCUT2D eigenvalue weighted by molar-refractivity contribution is 5.32. The first-order chi connectivity index (χ1) is 12.6. The van der Waals surface area contributed by atoms with Gasteiger partial charge in [-0.3, -0.25) is 0 Å². The lowest BCUT2D eigenvalue weighted by Crippen LogP contribution is -2.30. The van der Waals surface area contributed by atoms with E-state index in [-0.39, 0.29) is 11.9 Å². The molecule has 0 amide bonds. The largest absolute Gasteiger partial charge is 0.491 e. The summed E-state index contributed by atoms with van der Waals surface area (Å²) >= 11 is 0. The third kappa shape index (κ3) is 4.39. The molecule has 4 heteroatoms. The van der Waals surface area contributed by atoms with E-state index < -0.39 is 11.6 Å². The lowest BCUT2D eigenvalue weighted by Gasteiger charge is -2.38. The smallest absolute Gasteiger partial charge is 0.200 e. The molecule has 1 saturated carbocycles. The summed E-state index contributed by atoms with van der Waals surface area (Å²) in [6, 6.07) is 3.13. The second-order valence-electron chi connectivity index (χ2n) is 7.94. The highest BCUT2D eigenvalue weighted by Gasteiger charge is 2.33. The van der Waals surface area contributed by atoms with Crippen molar-refractivity contribution in [1.82, 2.24) is 0 Å². The minimum atomic E-state index is -0.899. The molecule has 1 aliphatic heterocycles. The van der Waals surface area contributed by atoms with Crippen molar-refractivity contribution in [3.8, 4) is 5.75 Å². The molecule has 2 fully saturated rings. The molecule has 2 aliphatic rings. The third-order valence-corrected chi connectivity index (χ3v) is 6.29. The van der Waals surface area contributed by atoms with Gasteiger partial charge in [-0.05, 0) is 62.5 Å². The number of halogens is 2. The summed E-state index contributed by atoms with van der Waals surface area (Å²) in [4.78, 5) is 0. The first kappa shape index (κ1) is 19.6. The van der Waals surface area contributed by atoms with Crippen LogP contribution in [0.2, 0.25) is 0 Å². The van der Waals surface area contributed by atoms with Crippen molar-refractivity contribution in [1.29, 1.82) is 0 Å². The highest BCUT2D eigenvalue weighted by atomic mass is 19.2. The molecule has 2 unspecified atom stereocenters. The van der Waals surface area contributed by atoms with Crippen LogP contribution in [-0.2, 0) is 4.74 Å². The molecule has 1 aromatic rings. The molecular weight excluding hydrogens is 334 g/mol. The quantitative estimate of drug-likeness (QED) is 0.577. The van der Waals surface area contributed by atoms with Gasteiger partial charge in [-0.15, -0.1) is 0 Å². The Morgan fingerprint density at radius 1 is 0.962 bits per heavy atom. The number of hydrogen-bond donors (Lipinski definition) is 0. The summed E-state index contributed by atoms with van der Waals surface area (Å²) in [6.45, 7) is 5.01. The van der Waals surface area contributed by atoms with E-state index in [9.17, 15) is 8.78 Å². The number of rotatable bonds is 6. The summed E-state index contributed by atoms with van der Waals surface area (Å²) in [7, 11) is 0. The van der Waals surface area contributed by atoms with Crippen LogP contribution in [0.4, 0.5) is 8.78 Å². The number of hydrogen-bond acceptors (Lipinski definition) is 2. The Bertz CT molecular complexity index is 574. The van der Waals surface area contributed by atoms with Gasteiger partial charge in [0.1, 0.15) is 0 Å². The van der Waals surface area contributed by atoms with Crippen molar-refractivity contribution < 1.29 is 18.3 Å².